The van der Waals surface area contributed by atoms with E-state index >= 15 is 0 Å². The third kappa shape index (κ3) is 4.50. The summed E-state index contributed by atoms with van der Waals surface area (Å²) in [6, 6.07) is 7.39. The zero-order valence-electron chi connectivity index (χ0n) is 15.7. The number of hydrogen-bond donors (Lipinski definition) is 2. The summed E-state index contributed by atoms with van der Waals surface area (Å²) in [5, 5.41) is 6.38. The number of nitrogens with zero attached hydrogens (tertiary/aromatic N) is 2. The van der Waals surface area contributed by atoms with Crippen molar-refractivity contribution < 1.29 is 9.59 Å². The summed E-state index contributed by atoms with van der Waals surface area (Å²) < 4.78 is 1.89. The lowest BCUT2D eigenvalue weighted by Gasteiger charge is -2.17. The fraction of sp³-hybridized carbons (Fsp3) is 0.450. The summed E-state index contributed by atoms with van der Waals surface area (Å²) in [6.45, 7) is 5.68. The molecule has 2 amide bonds. The summed E-state index contributed by atoms with van der Waals surface area (Å²) in [5.74, 6) is 0.178. The lowest BCUT2D eigenvalue weighted by molar-refractivity contribution is 0.0933. The number of rotatable bonds is 6. The average molecular weight is 389 g/mol. The molecule has 0 aliphatic carbocycles. The van der Waals surface area contributed by atoms with Crippen molar-refractivity contribution in [3.63, 3.8) is 0 Å². The van der Waals surface area contributed by atoms with Crippen LogP contribution in [0.2, 0.25) is 5.02 Å². The highest BCUT2D eigenvalue weighted by molar-refractivity contribution is 6.31. The number of amides is 2. The summed E-state index contributed by atoms with van der Waals surface area (Å²) in [5.41, 5.74) is 2.03. The number of benzene rings is 1. The van der Waals surface area contributed by atoms with Crippen molar-refractivity contribution in [1.82, 2.24) is 20.2 Å². The maximum atomic E-state index is 12.7. The van der Waals surface area contributed by atoms with Gasteiger partial charge >= 0.3 is 0 Å². The molecule has 0 saturated heterocycles. The Balaban J connectivity index is 1.79. The van der Waals surface area contributed by atoms with Crippen LogP contribution in [-0.4, -0.2) is 27.9 Å². The van der Waals surface area contributed by atoms with Crippen molar-refractivity contribution in [2.24, 2.45) is 5.92 Å². The molecule has 2 heterocycles. The largest absolute Gasteiger partial charge is 0.349 e. The van der Waals surface area contributed by atoms with E-state index in [-0.39, 0.29) is 11.8 Å². The first kappa shape index (κ1) is 19.4. The van der Waals surface area contributed by atoms with Gasteiger partial charge in [0.05, 0.1) is 5.69 Å². The van der Waals surface area contributed by atoms with E-state index in [0.29, 0.717) is 42.1 Å². The minimum absolute atomic E-state index is 0.225. The molecule has 27 heavy (non-hydrogen) atoms. The van der Waals surface area contributed by atoms with Crippen LogP contribution in [0.3, 0.4) is 0 Å². The fourth-order valence-electron chi connectivity index (χ4n) is 3.18. The molecule has 1 aliphatic rings. The van der Waals surface area contributed by atoms with Crippen LogP contribution >= 0.6 is 11.6 Å². The van der Waals surface area contributed by atoms with Gasteiger partial charge in [-0.15, -0.1) is 0 Å². The van der Waals surface area contributed by atoms with E-state index in [4.69, 9.17) is 11.6 Å². The number of fused-ring (bicyclic) bond motifs is 1. The minimum atomic E-state index is -0.275. The standard InChI is InChI=1S/C20H25ClN4O2/c1-13(2)11-22-20(27)18-24-17(16-9-5-6-10-25(16)18)19(26)23-12-14-7-3-4-8-15(14)21/h3-4,7-8,13H,5-6,9-12H2,1-2H3,(H,22,27)(H,23,26). The molecule has 1 aliphatic heterocycles. The Morgan fingerprint density at radius 2 is 1.96 bits per heavy atom. The van der Waals surface area contributed by atoms with Crippen LogP contribution in [0.1, 0.15) is 59.1 Å². The van der Waals surface area contributed by atoms with Gasteiger partial charge in [-0.25, -0.2) is 4.98 Å². The van der Waals surface area contributed by atoms with Gasteiger partial charge in [-0.3, -0.25) is 9.59 Å². The summed E-state index contributed by atoms with van der Waals surface area (Å²) >= 11 is 6.15. The highest BCUT2D eigenvalue weighted by Gasteiger charge is 2.27. The molecule has 2 N–H and O–H groups in total. The second-order valence-electron chi connectivity index (χ2n) is 7.22. The molecular formula is C20H25ClN4O2. The molecule has 144 valence electrons. The van der Waals surface area contributed by atoms with E-state index in [1.54, 1.807) is 6.07 Å². The normalized spacial score (nSPS) is 13.3. The lowest BCUT2D eigenvalue weighted by Crippen LogP contribution is -2.30. The van der Waals surface area contributed by atoms with E-state index in [1.165, 1.54) is 0 Å². The van der Waals surface area contributed by atoms with E-state index in [1.807, 2.05) is 36.6 Å². The Morgan fingerprint density at radius 3 is 2.70 bits per heavy atom. The first-order valence-corrected chi connectivity index (χ1v) is 9.74. The first-order chi connectivity index (χ1) is 13.0. The van der Waals surface area contributed by atoms with Crippen LogP contribution < -0.4 is 10.6 Å². The first-order valence-electron chi connectivity index (χ1n) is 9.36. The molecule has 3 rings (SSSR count). The summed E-state index contributed by atoms with van der Waals surface area (Å²) in [6.07, 6.45) is 2.72. The van der Waals surface area contributed by atoms with Gasteiger partial charge in [0, 0.05) is 24.7 Å². The Bertz CT molecular complexity index is 845. The van der Waals surface area contributed by atoms with Crippen molar-refractivity contribution in [2.45, 2.75) is 46.2 Å². The highest BCUT2D eigenvalue weighted by Crippen LogP contribution is 2.22. The molecule has 0 unspecified atom stereocenters. The molecule has 7 heteroatoms. The van der Waals surface area contributed by atoms with Gasteiger partial charge in [0.15, 0.2) is 5.82 Å². The summed E-state index contributed by atoms with van der Waals surface area (Å²) in [4.78, 5) is 29.7. The van der Waals surface area contributed by atoms with Crippen molar-refractivity contribution in [2.75, 3.05) is 6.54 Å². The molecule has 1 aromatic heterocycles. The van der Waals surface area contributed by atoms with Crippen LogP contribution in [0, 0.1) is 5.92 Å². The van der Waals surface area contributed by atoms with Gasteiger partial charge in [0.1, 0.15) is 5.69 Å². The molecule has 0 bridgehead atoms. The van der Waals surface area contributed by atoms with E-state index in [2.05, 4.69) is 15.6 Å². The topological polar surface area (TPSA) is 76.0 Å². The number of hydrogen-bond acceptors (Lipinski definition) is 3. The van der Waals surface area contributed by atoms with Crippen LogP contribution in [0.5, 0.6) is 0 Å². The maximum Gasteiger partial charge on any atom is 0.287 e. The van der Waals surface area contributed by atoms with Crippen LogP contribution in [0.15, 0.2) is 24.3 Å². The van der Waals surface area contributed by atoms with Crippen molar-refractivity contribution >= 4 is 23.4 Å². The Labute approximate surface area is 164 Å². The van der Waals surface area contributed by atoms with Gasteiger partial charge in [0.2, 0.25) is 0 Å². The van der Waals surface area contributed by atoms with Crippen LogP contribution in [0.25, 0.3) is 0 Å². The smallest absolute Gasteiger partial charge is 0.287 e. The molecule has 0 atom stereocenters. The number of aromatic nitrogens is 2. The maximum absolute atomic E-state index is 12.7. The van der Waals surface area contributed by atoms with Crippen LogP contribution in [-0.2, 0) is 19.5 Å². The van der Waals surface area contributed by atoms with Crippen LogP contribution in [0.4, 0.5) is 0 Å². The lowest BCUT2D eigenvalue weighted by atomic mass is 10.1. The molecule has 0 saturated carbocycles. The summed E-state index contributed by atoms with van der Waals surface area (Å²) in [7, 11) is 0. The van der Waals surface area contributed by atoms with Gasteiger partial charge in [-0.1, -0.05) is 43.6 Å². The van der Waals surface area contributed by atoms with Gasteiger partial charge < -0.3 is 15.2 Å². The molecule has 0 fully saturated rings. The SMILES string of the molecule is CC(C)CNC(=O)c1nc(C(=O)NCc2ccccc2Cl)c2n1CCCC2. The highest BCUT2D eigenvalue weighted by atomic mass is 35.5. The van der Waals surface area contributed by atoms with Gasteiger partial charge in [-0.05, 0) is 36.8 Å². The number of carbonyl (C=O) groups excluding carboxylic acids is 2. The molecule has 2 aromatic rings. The molecule has 6 nitrogen and oxygen atoms in total. The zero-order chi connectivity index (χ0) is 19.4. The molecule has 0 spiro atoms. The third-order valence-electron chi connectivity index (χ3n) is 4.60. The Kier molecular flexibility index (Phi) is 6.16. The number of imidazole rings is 1. The second-order valence-corrected chi connectivity index (χ2v) is 7.62. The second kappa shape index (κ2) is 8.57. The fourth-order valence-corrected chi connectivity index (χ4v) is 3.38. The molecule has 1 aromatic carbocycles. The van der Waals surface area contributed by atoms with Crippen molar-refractivity contribution in [1.29, 1.82) is 0 Å². The number of carbonyl (C=O) groups is 2. The predicted molar refractivity (Wildman–Crippen MR) is 105 cm³/mol. The Morgan fingerprint density at radius 1 is 1.19 bits per heavy atom. The van der Waals surface area contributed by atoms with Crippen molar-refractivity contribution in [3.8, 4) is 0 Å². The number of nitrogens with one attached hydrogen (secondary N) is 2. The molecular weight excluding hydrogens is 364 g/mol. The zero-order valence-corrected chi connectivity index (χ0v) is 16.5. The number of halogens is 1. The molecule has 0 radical (unpaired) electrons. The minimum Gasteiger partial charge on any atom is -0.349 e. The van der Waals surface area contributed by atoms with E-state index in [0.717, 1.165) is 30.5 Å². The quantitative estimate of drug-likeness (QED) is 0.797. The average Bonchev–Trinajstić information content (AvgIpc) is 3.05. The van der Waals surface area contributed by atoms with Gasteiger partial charge in [0.25, 0.3) is 11.8 Å². The Hall–Kier alpha value is -2.34. The monoisotopic (exact) mass is 388 g/mol. The van der Waals surface area contributed by atoms with Gasteiger partial charge in [-0.2, -0.15) is 0 Å². The van der Waals surface area contributed by atoms with E-state index in [9.17, 15) is 9.59 Å². The third-order valence-corrected chi connectivity index (χ3v) is 4.97. The van der Waals surface area contributed by atoms with Crippen molar-refractivity contribution in [3.05, 3.63) is 52.1 Å². The van der Waals surface area contributed by atoms with E-state index < -0.39 is 0 Å². The predicted octanol–water partition coefficient (Wildman–Crippen LogP) is 3.19.